The number of nitrogens with one attached hydrogen (secondary N) is 1. The van der Waals surface area contributed by atoms with Crippen LogP contribution in [0.3, 0.4) is 0 Å². The fraction of sp³-hybridized carbons (Fsp3) is 0.200. The highest BCUT2D eigenvalue weighted by Crippen LogP contribution is 2.32. The van der Waals surface area contributed by atoms with Crippen LogP contribution in [0.25, 0.3) is 0 Å². The summed E-state index contributed by atoms with van der Waals surface area (Å²) in [7, 11) is 0. The number of benzene rings is 2. The van der Waals surface area contributed by atoms with Crippen LogP contribution in [0.5, 0.6) is 11.5 Å². The largest absolute Gasteiger partial charge is 0.457 e. The average molecular weight is 495 g/mol. The molecule has 0 saturated heterocycles. The fourth-order valence-corrected chi connectivity index (χ4v) is 3.82. The van der Waals surface area contributed by atoms with E-state index < -0.39 is 11.6 Å². The number of ether oxygens (including phenoxy) is 1. The molecule has 2 heterocycles. The summed E-state index contributed by atoms with van der Waals surface area (Å²) in [5.41, 5.74) is 2.11. The summed E-state index contributed by atoms with van der Waals surface area (Å²) >= 11 is 0. The van der Waals surface area contributed by atoms with Crippen LogP contribution in [0.4, 0.5) is 5.69 Å². The van der Waals surface area contributed by atoms with Crippen molar-refractivity contribution >= 4 is 17.5 Å². The average Bonchev–Trinajstić information content (AvgIpc) is 2.89. The Kier molecular flexibility index (Phi) is 7.63. The molecule has 1 N–H and O–H groups in total. The van der Waals surface area contributed by atoms with Crippen molar-refractivity contribution in [1.82, 2.24) is 15.3 Å². The summed E-state index contributed by atoms with van der Waals surface area (Å²) in [4.78, 5) is 37.4. The van der Waals surface area contributed by atoms with Gasteiger partial charge in [-0.25, -0.2) is 0 Å². The van der Waals surface area contributed by atoms with E-state index in [4.69, 9.17) is 4.74 Å². The number of pyridine rings is 2. The zero-order chi connectivity index (χ0) is 26.4. The van der Waals surface area contributed by atoms with Crippen molar-refractivity contribution in [2.45, 2.75) is 39.3 Å². The summed E-state index contributed by atoms with van der Waals surface area (Å²) in [5, 5.41) is 3.02. The van der Waals surface area contributed by atoms with Gasteiger partial charge in [-0.05, 0) is 82.3 Å². The molecule has 1 atom stereocenters. The first kappa shape index (κ1) is 25.6. The number of hydrogen-bond donors (Lipinski definition) is 1. The molecule has 0 spiro atoms. The summed E-state index contributed by atoms with van der Waals surface area (Å²) in [6, 6.07) is 20.8. The number of aryl methyl sites for hydroxylation is 1. The third-order valence-corrected chi connectivity index (χ3v) is 5.50. The molecule has 0 fully saturated rings. The van der Waals surface area contributed by atoms with Crippen molar-refractivity contribution in [2.75, 3.05) is 4.90 Å². The van der Waals surface area contributed by atoms with Crippen LogP contribution in [-0.2, 0) is 4.79 Å². The Bertz CT molecular complexity index is 1330. The number of rotatable bonds is 7. The molecule has 7 heteroatoms. The van der Waals surface area contributed by atoms with Gasteiger partial charge in [0.1, 0.15) is 17.5 Å². The molecule has 2 amide bonds. The zero-order valence-electron chi connectivity index (χ0n) is 21.4. The SMILES string of the molecule is Cc1ccc(Oc2ccc(N(C(=O)c3cccnc3)C(C(=O)NC(C)(C)C)c3cccnc3)cc2)cc1. The molecule has 7 nitrogen and oxygen atoms in total. The lowest BCUT2D eigenvalue weighted by Crippen LogP contribution is -2.49. The molecule has 0 aliphatic carbocycles. The normalized spacial score (nSPS) is 11.9. The summed E-state index contributed by atoms with van der Waals surface area (Å²) in [6.45, 7) is 7.71. The van der Waals surface area contributed by atoms with Gasteiger partial charge in [-0.3, -0.25) is 24.5 Å². The molecule has 2 aromatic heterocycles. The predicted octanol–water partition coefficient (Wildman–Crippen LogP) is 5.88. The van der Waals surface area contributed by atoms with Crippen LogP contribution >= 0.6 is 0 Å². The minimum Gasteiger partial charge on any atom is -0.457 e. The molecule has 4 aromatic rings. The maximum atomic E-state index is 13.9. The monoisotopic (exact) mass is 494 g/mol. The first-order valence-corrected chi connectivity index (χ1v) is 12.0. The lowest BCUT2D eigenvalue weighted by molar-refractivity contribution is -0.123. The lowest BCUT2D eigenvalue weighted by atomic mass is 10.0. The standard InChI is InChI=1S/C30H30N4O3/c1-21-9-13-25(14-10-21)37-26-15-11-24(12-16-26)34(29(36)23-8-6-18-32-20-23)27(22-7-5-17-31-19-22)28(35)33-30(2,3)4/h5-20,27H,1-4H3,(H,33,35). The van der Waals surface area contributed by atoms with E-state index in [0.29, 0.717) is 28.3 Å². The molecule has 188 valence electrons. The number of carbonyl (C=O) groups is 2. The van der Waals surface area contributed by atoms with Gasteiger partial charge in [0.25, 0.3) is 5.91 Å². The van der Waals surface area contributed by atoms with Gasteiger partial charge < -0.3 is 10.1 Å². The quantitative estimate of drug-likeness (QED) is 0.347. The van der Waals surface area contributed by atoms with Crippen molar-refractivity contribution in [3.8, 4) is 11.5 Å². The number of hydrogen-bond acceptors (Lipinski definition) is 5. The maximum absolute atomic E-state index is 13.9. The van der Waals surface area contributed by atoms with E-state index in [1.165, 1.54) is 11.1 Å². The van der Waals surface area contributed by atoms with Crippen LogP contribution in [0, 0.1) is 6.92 Å². The van der Waals surface area contributed by atoms with E-state index in [1.807, 2.05) is 52.0 Å². The highest BCUT2D eigenvalue weighted by atomic mass is 16.5. The van der Waals surface area contributed by atoms with Crippen molar-refractivity contribution in [3.05, 3.63) is 114 Å². The Morgan fingerprint density at radius 3 is 1.97 bits per heavy atom. The number of nitrogens with zero attached hydrogens (tertiary/aromatic N) is 3. The predicted molar refractivity (Wildman–Crippen MR) is 144 cm³/mol. The molecule has 4 rings (SSSR count). The van der Waals surface area contributed by atoms with Crippen LogP contribution in [-0.4, -0.2) is 27.3 Å². The van der Waals surface area contributed by atoms with Gasteiger partial charge in [0.2, 0.25) is 5.91 Å². The number of aromatic nitrogens is 2. The van der Waals surface area contributed by atoms with E-state index >= 15 is 0 Å². The third kappa shape index (κ3) is 6.58. The van der Waals surface area contributed by atoms with Gasteiger partial charge in [-0.2, -0.15) is 0 Å². The Morgan fingerprint density at radius 1 is 0.838 bits per heavy atom. The minimum absolute atomic E-state index is 0.322. The number of amides is 2. The first-order valence-electron chi connectivity index (χ1n) is 12.0. The molecule has 2 aromatic carbocycles. The smallest absolute Gasteiger partial charge is 0.260 e. The van der Waals surface area contributed by atoms with E-state index in [1.54, 1.807) is 67.1 Å². The second kappa shape index (κ2) is 11.0. The summed E-state index contributed by atoms with van der Waals surface area (Å²) < 4.78 is 5.97. The molecular weight excluding hydrogens is 464 g/mol. The van der Waals surface area contributed by atoms with Crippen molar-refractivity contribution < 1.29 is 14.3 Å². The highest BCUT2D eigenvalue weighted by molar-refractivity contribution is 6.10. The first-order chi connectivity index (χ1) is 17.7. The van der Waals surface area contributed by atoms with Crippen molar-refractivity contribution in [3.63, 3.8) is 0 Å². The number of anilines is 1. The summed E-state index contributed by atoms with van der Waals surface area (Å²) in [6.07, 6.45) is 6.33. The van der Waals surface area contributed by atoms with Crippen LogP contribution < -0.4 is 15.0 Å². The van der Waals surface area contributed by atoms with E-state index in [9.17, 15) is 9.59 Å². The number of carbonyl (C=O) groups excluding carboxylic acids is 2. The second-order valence-corrected chi connectivity index (χ2v) is 9.75. The molecular formula is C30H30N4O3. The lowest BCUT2D eigenvalue weighted by Gasteiger charge is -2.33. The minimum atomic E-state index is -0.968. The zero-order valence-corrected chi connectivity index (χ0v) is 21.4. The Labute approximate surface area is 217 Å². The van der Waals surface area contributed by atoms with E-state index in [-0.39, 0.29) is 11.8 Å². The Balaban J connectivity index is 1.76. The van der Waals surface area contributed by atoms with Crippen molar-refractivity contribution in [2.24, 2.45) is 0 Å². The third-order valence-electron chi connectivity index (χ3n) is 5.50. The molecule has 0 radical (unpaired) electrons. The van der Waals surface area contributed by atoms with E-state index in [0.717, 1.165) is 5.56 Å². The topological polar surface area (TPSA) is 84.4 Å². The molecule has 0 aliphatic heterocycles. The van der Waals surface area contributed by atoms with Gasteiger partial charge >= 0.3 is 0 Å². The van der Waals surface area contributed by atoms with Gasteiger partial charge in [0.05, 0.1) is 5.56 Å². The summed E-state index contributed by atoms with van der Waals surface area (Å²) in [5.74, 6) is 0.633. The maximum Gasteiger partial charge on any atom is 0.260 e. The van der Waals surface area contributed by atoms with Gasteiger partial charge in [0.15, 0.2) is 0 Å². The van der Waals surface area contributed by atoms with Gasteiger partial charge in [-0.15, -0.1) is 0 Å². The van der Waals surface area contributed by atoms with Gasteiger partial charge in [0, 0.05) is 41.6 Å². The second-order valence-electron chi connectivity index (χ2n) is 9.75. The Morgan fingerprint density at radius 2 is 1.43 bits per heavy atom. The molecule has 0 aliphatic rings. The molecule has 0 saturated carbocycles. The van der Waals surface area contributed by atoms with Gasteiger partial charge in [-0.1, -0.05) is 23.8 Å². The molecule has 0 bridgehead atoms. The van der Waals surface area contributed by atoms with Crippen molar-refractivity contribution in [1.29, 1.82) is 0 Å². The van der Waals surface area contributed by atoms with E-state index in [2.05, 4.69) is 15.3 Å². The fourth-order valence-electron chi connectivity index (χ4n) is 3.82. The van der Waals surface area contributed by atoms with Crippen LogP contribution in [0.15, 0.2) is 97.6 Å². The highest BCUT2D eigenvalue weighted by Gasteiger charge is 2.35. The van der Waals surface area contributed by atoms with Crippen LogP contribution in [0.2, 0.25) is 0 Å². The molecule has 1 unspecified atom stereocenters. The Hall–Kier alpha value is -4.52. The molecule has 37 heavy (non-hydrogen) atoms. The van der Waals surface area contributed by atoms with Crippen LogP contribution in [0.1, 0.15) is 48.3 Å².